The van der Waals surface area contributed by atoms with Crippen molar-refractivity contribution >= 4 is 10.9 Å². The highest BCUT2D eigenvalue weighted by molar-refractivity contribution is 5.84. The number of benzene rings is 1. The van der Waals surface area contributed by atoms with Gasteiger partial charge in [-0.15, -0.1) is 0 Å². The van der Waals surface area contributed by atoms with Crippen molar-refractivity contribution in [1.29, 1.82) is 0 Å². The zero-order valence-electron chi connectivity index (χ0n) is 10.5. The third-order valence-corrected chi connectivity index (χ3v) is 2.71. The zero-order chi connectivity index (χ0) is 11.8. The summed E-state index contributed by atoms with van der Waals surface area (Å²) >= 11 is 0. The first-order valence-electron chi connectivity index (χ1n) is 5.61. The van der Waals surface area contributed by atoms with Gasteiger partial charge in [0.15, 0.2) is 0 Å². The topological polar surface area (TPSA) is 12.9 Å². The maximum atomic E-state index is 4.46. The van der Waals surface area contributed by atoms with Crippen LogP contribution in [0.3, 0.4) is 0 Å². The quantitative estimate of drug-likeness (QED) is 0.702. The van der Waals surface area contributed by atoms with Crippen LogP contribution in [-0.4, -0.2) is 30.6 Å². The monoisotopic (exact) mass is 215 g/mol. The minimum absolute atomic E-state index is 0.938. The maximum absolute atomic E-state index is 4.46. The first kappa shape index (κ1) is 11.1. The Hall–Kier alpha value is -1.41. The van der Waals surface area contributed by atoms with Gasteiger partial charge in [0.25, 0.3) is 0 Å². The molecule has 0 radical (unpaired) electrons. The molecule has 1 aromatic heterocycles. The fourth-order valence-corrected chi connectivity index (χ4v) is 2.02. The molecule has 2 heteroatoms. The van der Waals surface area contributed by atoms with Crippen molar-refractivity contribution in [2.24, 2.45) is 0 Å². The van der Waals surface area contributed by atoms with Gasteiger partial charge in [0.2, 0.25) is 0 Å². The molecule has 0 bridgehead atoms. The summed E-state index contributed by atoms with van der Waals surface area (Å²) in [6, 6.07) is 8.57. The Morgan fingerprint density at radius 2 is 1.88 bits per heavy atom. The van der Waals surface area contributed by atoms with E-state index < -0.39 is 0 Å². The molecular formula is C14H19N2+. The van der Waals surface area contributed by atoms with Gasteiger partial charge in [0.05, 0.1) is 26.7 Å². The van der Waals surface area contributed by atoms with E-state index in [9.17, 15) is 0 Å². The van der Waals surface area contributed by atoms with Crippen LogP contribution in [0.15, 0.2) is 30.5 Å². The third kappa shape index (κ3) is 2.22. The molecule has 0 unspecified atom stereocenters. The molecule has 0 saturated heterocycles. The molecule has 0 spiro atoms. The van der Waals surface area contributed by atoms with Crippen LogP contribution in [-0.2, 0) is 6.54 Å². The Kier molecular flexibility index (Phi) is 2.68. The van der Waals surface area contributed by atoms with Crippen LogP contribution < -0.4 is 0 Å². The average molecular weight is 215 g/mol. The highest BCUT2D eigenvalue weighted by Crippen LogP contribution is 2.22. The van der Waals surface area contributed by atoms with E-state index in [0.29, 0.717) is 0 Å². The number of pyridine rings is 1. The standard InChI is InChI=1S/C14H19N2/c1-11-7-8-12(10-16(2,3)4)13-6-5-9-15-14(11)13/h5-9H,10H2,1-4H3/q+1. The van der Waals surface area contributed by atoms with E-state index in [1.54, 1.807) is 0 Å². The molecule has 0 N–H and O–H groups in total. The van der Waals surface area contributed by atoms with Crippen LogP contribution in [0, 0.1) is 6.92 Å². The number of hydrogen-bond donors (Lipinski definition) is 0. The van der Waals surface area contributed by atoms with Crippen LogP contribution in [0.5, 0.6) is 0 Å². The second kappa shape index (κ2) is 3.87. The molecule has 2 aromatic rings. The molecule has 0 aliphatic carbocycles. The van der Waals surface area contributed by atoms with Gasteiger partial charge in [-0.2, -0.15) is 0 Å². The highest BCUT2D eigenvalue weighted by atomic mass is 15.3. The summed E-state index contributed by atoms with van der Waals surface area (Å²) in [7, 11) is 6.63. The smallest absolute Gasteiger partial charge is 0.104 e. The summed E-state index contributed by atoms with van der Waals surface area (Å²) in [6.45, 7) is 3.15. The number of aryl methyl sites for hydroxylation is 1. The molecule has 0 aliphatic rings. The Morgan fingerprint density at radius 1 is 1.12 bits per heavy atom. The molecule has 2 nitrogen and oxygen atoms in total. The fraction of sp³-hybridized carbons (Fsp3) is 0.357. The second-order valence-electron chi connectivity index (χ2n) is 5.39. The van der Waals surface area contributed by atoms with Gasteiger partial charge in [-0.1, -0.05) is 18.2 Å². The fourth-order valence-electron chi connectivity index (χ4n) is 2.02. The van der Waals surface area contributed by atoms with Crippen molar-refractivity contribution in [2.75, 3.05) is 21.1 Å². The summed E-state index contributed by atoms with van der Waals surface area (Å²) in [6.07, 6.45) is 1.87. The van der Waals surface area contributed by atoms with Crippen LogP contribution in [0.25, 0.3) is 10.9 Å². The van der Waals surface area contributed by atoms with E-state index in [4.69, 9.17) is 0 Å². The number of rotatable bonds is 2. The summed E-state index contributed by atoms with van der Waals surface area (Å²) < 4.78 is 0.938. The number of fused-ring (bicyclic) bond motifs is 1. The van der Waals surface area contributed by atoms with Gasteiger partial charge < -0.3 is 4.48 Å². The average Bonchev–Trinajstić information content (AvgIpc) is 2.21. The largest absolute Gasteiger partial charge is 0.327 e. The minimum atomic E-state index is 0.938. The molecule has 0 aliphatic heterocycles. The lowest BCUT2D eigenvalue weighted by Gasteiger charge is -2.24. The van der Waals surface area contributed by atoms with Crippen molar-refractivity contribution < 1.29 is 4.48 Å². The molecule has 16 heavy (non-hydrogen) atoms. The van der Waals surface area contributed by atoms with Crippen molar-refractivity contribution in [3.63, 3.8) is 0 Å². The number of quaternary nitrogens is 1. The van der Waals surface area contributed by atoms with Crippen LogP contribution >= 0.6 is 0 Å². The van der Waals surface area contributed by atoms with Crippen LogP contribution in [0.4, 0.5) is 0 Å². The molecule has 84 valence electrons. The van der Waals surface area contributed by atoms with Gasteiger partial charge in [-0.05, 0) is 18.6 Å². The molecule has 2 rings (SSSR count). The van der Waals surface area contributed by atoms with Crippen LogP contribution in [0.1, 0.15) is 11.1 Å². The second-order valence-corrected chi connectivity index (χ2v) is 5.39. The van der Waals surface area contributed by atoms with Gasteiger partial charge in [0, 0.05) is 17.1 Å². The molecule has 0 amide bonds. The van der Waals surface area contributed by atoms with Crippen molar-refractivity contribution in [2.45, 2.75) is 13.5 Å². The first-order valence-corrected chi connectivity index (χ1v) is 5.61. The summed E-state index contributed by atoms with van der Waals surface area (Å²) in [4.78, 5) is 4.46. The van der Waals surface area contributed by atoms with Crippen LogP contribution in [0.2, 0.25) is 0 Å². The molecule has 1 aromatic carbocycles. The summed E-state index contributed by atoms with van der Waals surface area (Å²) in [5.41, 5.74) is 3.76. The highest BCUT2D eigenvalue weighted by Gasteiger charge is 2.12. The third-order valence-electron chi connectivity index (χ3n) is 2.71. The molecule has 0 fully saturated rings. The van der Waals surface area contributed by atoms with E-state index in [0.717, 1.165) is 16.5 Å². The molecule has 0 atom stereocenters. The van der Waals surface area contributed by atoms with Crippen molar-refractivity contribution in [3.8, 4) is 0 Å². The van der Waals surface area contributed by atoms with Crippen molar-refractivity contribution in [3.05, 3.63) is 41.6 Å². The van der Waals surface area contributed by atoms with E-state index >= 15 is 0 Å². The predicted octanol–water partition coefficient (Wildman–Crippen LogP) is 2.75. The lowest BCUT2D eigenvalue weighted by molar-refractivity contribution is -0.883. The number of hydrogen-bond acceptors (Lipinski definition) is 1. The van der Waals surface area contributed by atoms with E-state index in [2.05, 4.69) is 51.2 Å². The van der Waals surface area contributed by atoms with Gasteiger partial charge in [-0.3, -0.25) is 4.98 Å². The Labute approximate surface area is 97.1 Å². The molecule has 1 heterocycles. The van der Waals surface area contributed by atoms with E-state index in [-0.39, 0.29) is 0 Å². The normalized spacial score (nSPS) is 12.0. The van der Waals surface area contributed by atoms with Gasteiger partial charge in [0.1, 0.15) is 6.54 Å². The molecular weight excluding hydrogens is 196 g/mol. The zero-order valence-corrected chi connectivity index (χ0v) is 10.5. The van der Waals surface area contributed by atoms with E-state index in [1.165, 1.54) is 16.5 Å². The maximum Gasteiger partial charge on any atom is 0.104 e. The minimum Gasteiger partial charge on any atom is -0.327 e. The number of nitrogens with zero attached hydrogens (tertiary/aromatic N) is 2. The lowest BCUT2D eigenvalue weighted by Crippen LogP contribution is -2.33. The predicted molar refractivity (Wildman–Crippen MR) is 68.2 cm³/mol. The first-order chi connectivity index (χ1) is 7.47. The Bertz CT molecular complexity index is 510. The Balaban J connectivity index is 2.59. The van der Waals surface area contributed by atoms with Crippen molar-refractivity contribution in [1.82, 2.24) is 4.98 Å². The molecule has 0 saturated carbocycles. The SMILES string of the molecule is Cc1ccc(C[N+](C)(C)C)c2cccnc12. The summed E-state index contributed by atoms with van der Waals surface area (Å²) in [5.74, 6) is 0. The van der Waals surface area contributed by atoms with Gasteiger partial charge >= 0.3 is 0 Å². The summed E-state index contributed by atoms with van der Waals surface area (Å²) in [5, 5.41) is 1.29. The lowest BCUT2D eigenvalue weighted by atomic mass is 10.0. The Morgan fingerprint density at radius 3 is 2.56 bits per heavy atom. The number of aromatic nitrogens is 1. The van der Waals surface area contributed by atoms with E-state index in [1.807, 2.05) is 12.3 Å². The van der Waals surface area contributed by atoms with Gasteiger partial charge in [-0.25, -0.2) is 0 Å².